The summed E-state index contributed by atoms with van der Waals surface area (Å²) in [6.07, 6.45) is 3.49. The van der Waals surface area contributed by atoms with E-state index in [1.807, 2.05) is 22.8 Å². The highest BCUT2D eigenvalue weighted by molar-refractivity contribution is 6.07. The molecule has 38 heavy (non-hydrogen) atoms. The maximum atomic E-state index is 16.3. The number of benzene rings is 2. The first-order chi connectivity index (χ1) is 19.4. The number of ether oxygens (including phenoxy) is 1. The Hall–Kier alpha value is -3.62. The Morgan fingerprint density at radius 1 is 1.18 bits per heavy atom. The first-order valence-electron chi connectivity index (χ1n) is 14.3. The van der Waals surface area contributed by atoms with Gasteiger partial charge in [-0.15, -0.1) is 5.10 Å². The van der Waals surface area contributed by atoms with Crippen LogP contribution in [0.4, 0.5) is 4.39 Å². The van der Waals surface area contributed by atoms with Crippen LogP contribution in [0.25, 0.3) is 33.2 Å². The van der Waals surface area contributed by atoms with Gasteiger partial charge >= 0.3 is 0 Å². The molecule has 2 aromatic carbocycles. The van der Waals surface area contributed by atoms with Gasteiger partial charge in [-0.25, -0.2) is 9.07 Å². The van der Waals surface area contributed by atoms with Crippen LogP contribution in [0.1, 0.15) is 59.1 Å². The average molecular weight is 517 g/mol. The van der Waals surface area contributed by atoms with Crippen LogP contribution < -0.4 is 0 Å². The summed E-state index contributed by atoms with van der Waals surface area (Å²) in [6, 6.07) is 13.6. The molecule has 1 N–H and O–H groups in total. The van der Waals surface area contributed by atoms with Crippen molar-refractivity contribution >= 4 is 21.9 Å². The van der Waals surface area contributed by atoms with Crippen molar-refractivity contribution in [3.63, 3.8) is 0 Å². The molecule has 8 heteroatoms. The second kappa shape index (κ2) is 9.29. The summed E-state index contributed by atoms with van der Waals surface area (Å²) in [4.78, 5) is 4.70. The number of hydrogen-bond acceptors (Lipinski definition) is 5. The summed E-state index contributed by atoms with van der Waals surface area (Å²) in [5.41, 5.74) is 3.29. The summed E-state index contributed by atoms with van der Waals surface area (Å²) in [7, 11) is 1.63. The van der Waals surface area contributed by atoms with E-state index in [2.05, 4.69) is 22.4 Å². The van der Waals surface area contributed by atoms with E-state index in [9.17, 15) is 5.11 Å². The molecule has 0 atom stereocenters. The van der Waals surface area contributed by atoms with Crippen LogP contribution >= 0.6 is 0 Å². The minimum atomic E-state index is -2.47. The van der Waals surface area contributed by atoms with E-state index in [0.29, 0.717) is 45.7 Å². The SMILES string of the molecule is [2H]C([2H])([2H])c1nnn(C)c1-c1cnc2c3ccc(C(C)(C)O)c(F)c3n(Cc3cccc(C4CCOCC4)c3)c2c1. The lowest BCUT2D eigenvalue weighted by Gasteiger charge is -2.23. The summed E-state index contributed by atoms with van der Waals surface area (Å²) in [6.45, 7) is 2.48. The topological polar surface area (TPSA) is 78.0 Å². The number of hydrogen-bond donors (Lipinski definition) is 1. The Bertz CT molecular complexity index is 1760. The zero-order valence-corrected chi connectivity index (χ0v) is 21.7. The van der Waals surface area contributed by atoms with Crippen molar-refractivity contribution in [2.24, 2.45) is 7.05 Å². The fourth-order valence-corrected chi connectivity index (χ4v) is 5.61. The number of rotatable bonds is 5. The number of aliphatic hydroxyl groups is 1. The van der Waals surface area contributed by atoms with Gasteiger partial charge in [0.1, 0.15) is 0 Å². The Morgan fingerprint density at radius 3 is 2.76 bits per heavy atom. The monoisotopic (exact) mass is 516 g/mol. The third-order valence-corrected chi connectivity index (χ3v) is 7.54. The van der Waals surface area contributed by atoms with Crippen molar-refractivity contribution in [3.8, 4) is 11.3 Å². The molecule has 0 spiro atoms. The fraction of sp³-hybridized carbons (Fsp3) is 0.367. The highest BCUT2D eigenvalue weighted by Gasteiger charge is 2.26. The molecular weight excluding hydrogens is 481 g/mol. The predicted molar refractivity (Wildman–Crippen MR) is 146 cm³/mol. The van der Waals surface area contributed by atoms with Crippen molar-refractivity contribution < 1.29 is 18.3 Å². The molecule has 196 valence electrons. The highest BCUT2D eigenvalue weighted by atomic mass is 19.1. The molecule has 5 aromatic rings. The first kappa shape index (κ1) is 21.3. The number of aryl methyl sites for hydroxylation is 2. The van der Waals surface area contributed by atoms with Crippen LogP contribution in [-0.4, -0.2) is 42.9 Å². The number of halogens is 1. The van der Waals surface area contributed by atoms with Crippen LogP contribution in [0.15, 0.2) is 48.7 Å². The third-order valence-electron chi connectivity index (χ3n) is 7.54. The van der Waals surface area contributed by atoms with Crippen molar-refractivity contribution in [2.75, 3.05) is 13.2 Å². The van der Waals surface area contributed by atoms with E-state index in [0.717, 1.165) is 31.6 Å². The largest absolute Gasteiger partial charge is 0.386 e. The van der Waals surface area contributed by atoms with Gasteiger partial charge in [0.2, 0.25) is 0 Å². The van der Waals surface area contributed by atoms with Crippen LogP contribution in [0.2, 0.25) is 0 Å². The molecule has 4 heterocycles. The quantitative estimate of drug-likeness (QED) is 0.329. The Kier molecular flexibility index (Phi) is 5.21. The molecule has 1 fully saturated rings. The lowest BCUT2D eigenvalue weighted by atomic mass is 9.91. The maximum absolute atomic E-state index is 16.3. The Morgan fingerprint density at radius 2 is 2.00 bits per heavy atom. The Balaban J connectivity index is 1.57. The molecule has 0 amide bonds. The van der Waals surface area contributed by atoms with E-state index >= 15 is 4.39 Å². The Labute approximate surface area is 225 Å². The van der Waals surface area contributed by atoms with E-state index < -0.39 is 18.3 Å². The molecule has 1 aliphatic rings. The van der Waals surface area contributed by atoms with E-state index in [4.69, 9.17) is 13.8 Å². The number of aromatic nitrogens is 5. The normalized spacial score (nSPS) is 16.6. The van der Waals surface area contributed by atoms with Gasteiger partial charge in [-0.2, -0.15) is 0 Å². The molecule has 0 radical (unpaired) electrons. The van der Waals surface area contributed by atoms with Gasteiger partial charge in [0.25, 0.3) is 0 Å². The smallest absolute Gasteiger partial charge is 0.153 e. The first-order valence-corrected chi connectivity index (χ1v) is 12.8. The molecule has 0 bridgehead atoms. The van der Waals surface area contributed by atoms with Crippen molar-refractivity contribution in [1.82, 2.24) is 24.5 Å². The van der Waals surface area contributed by atoms with Gasteiger partial charge in [-0.1, -0.05) is 41.6 Å². The lowest BCUT2D eigenvalue weighted by molar-refractivity contribution is 0.0748. The number of pyridine rings is 1. The van der Waals surface area contributed by atoms with Crippen LogP contribution in [-0.2, 0) is 23.9 Å². The van der Waals surface area contributed by atoms with Gasteiger partial charge < -0.3 is 14.4 Å². The standard InChI is InChI=1S/C30H32FN5O2/c1-18-28(35(4)34-33-18)22-15-25-27(32-16-22)23-8-9-24(30(2,3)37)26(31)29(23)36(25)17-19-6-5-7-21(14-19)20-10-12-38-13-11-20/h5-9,14-16,20,37H,10-13,17H2,1-4H3/i1D3. The van der Waals surface area contributed by atoms with Gasteiger partial charge in [0, 0.05) is 53.6 Å². The van der Waals surface area contributed by atoms with Crippen LogP contribution in [0.3, 0.4) is 0 Å². The maximum Gasteiger partial charge on any atom is 0.153 e. The zero-order chi connectivity index (χ0) is 29.1. The zero-order valence-electron chi connectivity index (χ0n) is 24.7. The highest BCUT2D eigenvalue weighted by Crippen LogP contribution is 2.37. The molecular formula is C30H32FN5O2. The molecule has 6 rings (SSSR count). The average Bonchev–Trinajstić information content (AvgIpc) is 3.47. The van der Waals surface area contributed by atoms with Crippen LogP contribution in [0, 0.1) is 12.7 Å². The minimum Gasteiger partial charge on any atom is -0.386 e. The lowest BCUT2D eigenvalue weighted by Crippen LogP contribution is -2.18. The number of fused-ring (bicyclic) bond motifs is 3. The minimum absolute atomic E-state index is 0.122. The fourth-order valence-electron chi connectivity index (χ4n) is 5.61. The number of nitrogens with zero attached hydrogens (tertiary/aromatic N) is 5. The molecule has 0 aliphatic carbocycles. The molecule has 3 aromatic heterocycles. The van der Waals surface area contributed by atoms with Crippen molar-refractivity contribution in [2.45, 2.75) is 51.6 Å². The third kappa shape index (κ3) is 4.18. The van der Waals surface area contributed by atoms with E-state index in [-0.39, 0.29) is 11.3 Å². The molecule has 0 saturated carbocycles. The molecule has 0 unspecified atom stereocenters. The van der Waals surface area contributed by atoms with E-state index in [1.54, 1.807) is 39.2 Å². The summed E-state index contributed by atoms with van der Waals surface area (Å²) >= 11 is 0. The van der Waals surface area contributed by atoms with Gasteiger partial charge in [-0.3, -0.25) is 4.98 Å². The summed E-state index contributed by atoms with van der Waals surface area (Å²) in [5.74, 6) is -0.107. The summed E-state index contributed by atoms with van der Waals surface area (Å²) in [5, 5.41) is 19.2. The second-order valence-corrected chi connectivity index (χ2v) is 10.6. The second-order valence-electron chi connectivity index (χ2n) is 10.6. The van der Waals surface area contributed by atoms with Gasteiger partial charge in [0.15, 0.2) is 5.82 Å². The molecule has 1 saturated heterocycles. The van der Waals surface area contributed by atoms with Crippen molar-refractivity contribution in [3.05, 3.63) is 76.9 Å². The predicted octanol–water partition coefficient (Wildman–Crippen LogP) is 5.60. The molecule has 1 aliphatic heterocycles. The van der Waals surface area contributed by atoms with Gasteiger partial charge in [-0.05, 0) is 56.7 Å². The van der Waals surface area contributed by atoms with E-state index in [1.165, 1.54) is 10.2 Å². The van der Waals surface area contributed by atoms with Crippen LogP contribution in [0.5, 0.6) is 0 Å². The molecule has 7 nitrogen and oxygen atoms in total. The van der Waals surface area contributed by atoms with Crippen molar-refractivity contribution in [1.29, 1.82) is 0 Å². The summed E-state index contributed by atoms with van der Waals surface area (Å²) < 4.78 is 48.9. The van der Waals surface area contributed by atoms with Gasteiger partial charge in [0.05, 0.1) is 33.5 Å².